The van der Waals surface area contributed by atoms with Gasteiger partial charge in [-0.05, 0) is 24.3 Å². The van der Waals surface area contributed by atoms with Gasteiger partial charge in [-0.15, -0.1) is 0 Å². The second kappa shape index (κ2) is 5.86. The Balaban J connectivity index is 2.18. The molecular weight excluding hydrogens is 184 g/mol. The lowest BCUT2D eigenvalue weighted by Gasteiger charge is -1.97. The predicted molar refractivity (Wildman–Crippen MR) is 55.0 cm³/mol. The Hall–Kier alpha value is -0.700. The van der Waals surface area contributed by atoms with Gasteiger partial charge >= 0.3 is 0 Å². The first-order valence-electron chi connectivity index (χ1n) is 4.44. The van der Waals surface area contributed by atoms with Crippen molar-refractivity contribution in [3.63, 3.8) is 0 Å². The summed E-state index contributed by atoms with van der Waals surface area (Å²) in [6, 6.07) is 3.64. The summed E-state index contributed by atoms with van der Waals surface area (Å²) in [5, 5.41) is 0. The second-order valence-electron chi connectivity index (χ2n) is 2.85. The summed E-state index contributed by atoms with van der Waals surface area (Å²) in [6.45, 7) is 2.12. The highest BCUT2D eigenvalue weighted by Crippen LogP contribution is 2.06. The molecule has 0 N–H and O–H groups in total. The fraction of sp³-hybridized carbons (Fsp3) is 0.500. The van der Waals surface area contributed by atoms with E-state index in [-0.39, 0.29) is 5.78 Å². The molecule has 1 aromatic rings. The van der Waals surface area contributed by atoms with Crippen molar-refractivity contribution >= 4 is 17.5 Å². The molecule has 3 heteroatoms. The molecule has 0 aliphatic heterocycles. The van der Waals surface area contributed by atoms with Gasteiger partial charge in [0.25, 0.3) is 0 Å². The fourth-order valence-electron chi connectivity index (χ4n) is 0.989. The van der Waals surface area contributed by atoms with Crippen LogP contribution in [0.1, 0.15) is 19.1 Å². The van der Waals surface area contributed by atoms with E-state index in [9.17, 15) is 4.79 Å². The SMILES string of the molecule is CCCSCC(=O)Cc1ccco1. The van der Waals surface area contributed by atoms with Gasteiger partial charge < -0.3 is 4.42 Å². The van der Waals surface area contributed by atoms with Crippen LogP contribution in [0.25, 0.3) is 0 Å². The maximum atomic E-state index is 11.3. The molecule has 0 atom stereocenters. The first kappa shape index (κ1) is 10.4. The van der Waals surface area contributed by atoms with Gasteiger partial charge in [0.1, 0.15) is 11.5 Å². The molecular formula is C10H14O2S. The lowest BCUT2D eigenvalue weighted by molar-refractivity contribution is -0.116. The zero-order valence-corrected chi connectivity index (χ0v) is 8.60. The maximum absolute atomic E-state index is 11.3. The van der Waals surface area contributed by atoms with E-state index in [1.165, 1.54) is 0 Å². The van der Waals surface area contributed by atoms with Crippen LogP contribution in [0.2, 0.25) is 0 Å². The number of carbonyl (C=O) groups excluding carboxylic acids is 1. The van der Waals surface area contributed by atoms with Crippen molar-refractivity contribution in [2.45, 2.75) is 19.8 Å². The molecule has 0 aromatic carbocycles. The zero-order valence-electron chi connectivity index (χ0n) is 7.79. The van der Waals surface area contributed by atoms with Crippen LogP contribution in [0, 0.1) is 0 Å². The Morgan fingerprint density at radius 3 is 3.08 bits per heavy atom. The van der Waals surface area contributed by atoms with Crippen LogP contribution < -0.4 is 0 Å². The first-order valence-corrected chi connectivity index (χ1v) is 5.60. The predicted octanol–water partition coefficient (Wildman–Crippen LogP) is 2.53. The molecule has 1 aromatic heterocycles. The van der Waals surface area contributed by atoms with E-state index in [0.29, 0.717) is 12.2 Å². The topological polar surface area (TPSA) is 30.2 Å². The number of carbonyl (C=O) groups is 1. The van der Waals surface area contributed by atoms with Crippen LogP contribution in [0.3, 0.4) is 0 Å². The number of rotatable bonds is 6. The van der Waals surface area contributed by atoms with Crippen molar-refractivity contribution in [2.75, 3.05) is 11.5 Å². The third kappa shape index (κ3) is 4.18. The minimum absolute atomic E-state index is 0.244. The lowest BCUT2D eigenvalue weighted by Crippen LogP contribution is -2.05. The van der Waals surface area contributed by atoms with E-state index in [1.807, 2.05) is 12.1 Å². The van der Waals surface area contributed by atoms with E-state index in [0.717, 1.165) is 17.9 Å². The molecule has 13 heavy (non-hydrogen) atoms. The van der Waals surface area contributed by atoms with Crippen LogP contribution in [0.4, 0.5) is 0 Å². The minimum Gasteiger partial charge on any atom is -0.469 e. The molecule has 1 heterocycles. The van der Waals surface area contributed by atoms with Crippen molar-refractivity contribution in [1.82, 2.24) is 0 Å². The third-order valence-corrected chi connectivity index (χ3v) is 2.79. The van der Waals surface area contributed by atoms with E-state index in [4.69, 9.17) is 4.42 Å². The number of thioether (sulfide) groups is 1. The van der Waals surface area contributed by atoms with E-state index < -0.39 is 0 Å². The maximum Gasteiger partial charge on any atom is 0.150 e. The summed E-state index contributed by atoms with van der Waals surface area (Å²) in [5.41, 5.74) is 0. The summed E-state index contributed by atoms with van der Waals surface area (Å²) in [7, 11) is 0. The number of hydrogen-bond donors (Lipinski definition) is 0. The summed E-state index contributed by atoms with van der Waals surface area (Å²) in [5.74, 6) is 2.67. The summed E-state index contributed by atoms with van der Waals surface area (Å²) >= 11 is 1.69. The van der Waals surface area contributed by atoms with Gasteiger partial charge in [-0.3, -0.25) is 4.79 Å². The standard InChI is InChI=1S/C10H14O2S/c1-2-6-13-8-9(11)7-10-4-3-5-12-10/h3-5H,2,6-8H2,1H3. The van der Waals surface area contributed by atoms with Crippen LogP contribution in [-0.2, 0) is 11.2 Å². The molecule has 0 fully saturated rings. The van der Waals surface area contributed by atoms with Crippen LogP contribution in [-0.4, -0.2) is 17.3 Å². The summed E-state index contributed by atoms with van der Waals surface area (Å²) in [4.78, 5) is 11.3. The van der Waals surface area contributed by atoms with Crippen molar-refractivity contribution in [3.8, 4) is 0 Å². The molecule has 0 amide bonds. The molecule has 1 rings (SSSR count). The van der Waals surface area contributed by atoms with Gasteiger partial charge in [0.15, 0.2) is 0 Å². The highest BCUT2D eigenvalue weighted by Gasteiger charge is 2.04. The molecule has 72 valence electrons. The largest absolute Gasteiger partial charge is 0.469 e. The number of hydrogen-bond acceptors (Lipinski definition) is 3. The van der Waals surface area contributed by atoms with Gasteiger partial charge in [-0.25, -0.2) is 0 Å². The molecule has 2 nitrogen and oxygen atoms in total. The molecule has 0 saturated heterocycles. The lowest BCUT2D eigenvalue weighted by atomic mass is 10.2. The van der Waals surface area contributed by atoms with Gasteiger partial charge in [0.2, 0.25) is 0 Å². The molecule has 0 radical (unpaired) electrons. The van der Waals surface area contributed by atoms with Crippen LogP contribution in [0.5, 0.6) is 0 Å². The average Bonchev–Trinajstić information content (AvgIpc) is 2.57. The van der Waals surface area contributed by atoms with E-state index in [2.05, 4.69) is 6.92 Å². The molecule has 0 bridgehead atoms. The molecule has 0 aliphatic carbocycles. The number of ketones is 1. The third-order valence-electron chi connectivity index (χ3n) is 1.56. The van der Waals surface area contributed by atoms with Crippen molar-refractivity contribution in [3.05, 3.63) is 24.2 Å². The van der Waals surface area contributed by atoms with Crippen molar-refractivity contribution in [2.24, 2.45) is 0 Å². The smallest absolute Gasteiger partial charge is 0.150 e. The molecule has 0 unspecified atom stereocenters. The van der Waals surface area contributed by atoms with Gasteiger partial charge in [-0.1, -0.05) is 6.92 Å². The van der Waals surface area contributed by atoms with E-state index >= 15 is 0 Å². The summed E-state index contributed by atoms with van der Waals surface area (Å²) < 4.78 is 5.08. The average molecular weight is 198 g/mol. The molecule has 0 spiro atoms. The van der Waals surface area contributed by atoms with Crippen molar-refractivity contribution < 1.29 is 9.21 Å². The quantitative estimate of drug-likeness (QED) is 0.658. The fourth-order valence-corrected chi connectivity index (χ4v) is 1.75. The number of furan rings is 1. The number of Topliss-reactive ketones (excluding diaryl/α,β-unsaturated/α-hetero) is 1. The second-order valence-corrected chi connectivity index (χ2v) is 3.95. The zero-order chi connectivity index (χ0) is 9.52. The Bertz CT molecular complexity index is 241. The summed E-state index contributed by atoms with van der Waals surface area (Å²) in [6.07, 6.45) is 3.16. The highest BCUT2D eigenvalue weighted by molar-refractivity contribution is 7.99. The molecule has 0 saturated carbocycles. The van der Waals surface area contributed by atoms with Crippen molar-refractivity contribution in [1.29, 1.82) is 0 Å². The highest BCUT2D eigenvalue weighted by atomic mass is 32.2. The minimum atomic E-state index is 0.244. The Kier molecular flexibility index (Phi) is 4.68. The van der Waals surface area contributed by atoms with Crippen LogP contribution >= 0.6 is 11.8 Å². The van der Waals surface area contributed by atoms with E-state index in [1.54, 1.807) is 18.0 Å². The Morgan fingerprint density at radius 1 is 1.62 bits per heavy atom. The van der Waals surface area contributed by atoms with Gasteiger partial charge in [0.05, 0.1) is 18.4 Å². The van der Waals surface area contributed by atoms with Crippen LogP contribution in [0.15, 0.2) is 22.8 Å². The normalized spacial score (nSPS) is 10.2. The first-order chi connectivity index (χ1) is 6.33. The Labute approximate surface area is 82.7 Å². The van der Waals surface area contributed by atoms with Gasteiger partial charge in [-0.2, -0.15) is 11.8 Å². The monoisotopic (exact) mass is 198 g/mol. The van der Waals surface area contributed by atoms with Gasteiger partial charge in [0, 0.05) is 0 Å². The Morgan fingerprint density at radius 2 is 2.46 bits per heavy atom. The molecule has 0 aliphatic rings.